The van der Waals surface area contributed by atoms with Gasteiger partial charge in [0.2, 0.25) is 0 Å². The molecule has 1 saturated heterocycles. The maximum atomic E-state index is 13.8. The van der Waals surface area contributed by atoms with Gasteiger partial charge < -0.3 is 19.7 Å². The first-order chi connectivity index (χ1) is 18.8. The fourth-order valence-corrected chi connectivity index (χ4v) is 5.88. The molecule has 0 radical (unpaired) electrons. The molecule has 0 spiro atoms. The molecule has 0 bridgehead atoms. The molecule has 0 aliphatic carbocycles. The molecule has 39 heavy (non-hydrogen) atoms. The zero-order chi connectivity index (χ0) is 27.7. The number of hydrogen-bond acceptors (Lipinski definition) is 9. The van der Waals surface area contributed by atoms with Crippen LogP contribution in [0.25, 0.3) is 22.5 Å². The minimum Gasteiger partial charge on any atom is -0.394 e. The van der Waals surface area contributed by atoms with E-state index < -0.39 is 53.8 Å². The number of nitrogens with zero attached hydrogens (tertiary/aromatic N) is 5. The second-order valence-corrected chi connectivity index (χ2v) is 10.2. The second kappa shape index (κ2) is 11.6. The minimum atomic E-state index is -1.60. The Kier molecular flexibility index (Phi) is 8.16. The molecular formula is C25H21ClF3N5O4S. The Bertz CT molecular complexity index is 1440. The van der Waals surface area contributed by atoms with Gasteiger partial charge in [0.05, 0.1) is 23.5 Å². The van der Waals surface area contributed by atoms with E-state index in [2.05, 4.69) is 20.3 Å². The molecule has 1 aromatic carbocycles. The highest BCUT2D eigenvalue weighted by Gasteiger charge is 2.47. The van der Waals surface area contributed by atoms with Crippen LogP contribution >= 0.6 is 23.4 Å². The van der Waals surface area contributed by atoms with Crippen LogP contribution in [0.15, 0.2) is 60.0 Å². The van der Waals surface area contributed by atoms with Crippen molar-refractivity contribution in [2.75, 3.05) is 13.7 Å². The van der Waals surface area contributed by atoms with E-state index in [1.807, 2.05) is 0 Å². The van der Waals surface area contributed by atoms with E-state index in [1.165, 1.54) is 35.9 Å². The van der Waals surface area contributed by atoms with E-state index >= 15 is 0 Å². The molecule has 1 aliphatic heterocycles. The third kappa shape index (κ3) is 5.51. The van der Waals surface area contributed by atoms with Crippen LogP contribution < -0.4 is 0 Å². The molecule has 0 saturated carbocycles. The highest BCUT2D eigenvalue weighted by Crippen LogP contribution is 2.42. The van der Waals surface area contributed by atoms with Gasteiger partial charge in [0.1, 0.15) is 35.5 Å². The van der Waals surface area contributed by atoms with Gasteiger partial charge in [-0.15, -0.1) is 5.10 Å². The largest absolute Gasteiger partial charge is 0.394 e. The summed E-state index contributed by atoms with van der Waals surface area (Å²) in [4.78, 5) is 9.14. The predicted molar refractivity (Wildman–Crippen MR) is 135 cm³/mol. The monoisotopic (exact) mass is 579 g/mol. The van der Waals surface area contributed by atoms with E-state index in [1.54, 1.807) is 30.6 Å². The number of aliphatic hydroxyl groups is 2. The lowest BCUT2D eigenvalue weighted by atomic mass is 9.97. The number of halogens is 4. The van der Waals surface area contributed by atoms with Crippen LogP contribution in [-0.4, -0.2) is 72.6 Å². The normalized spacial score (nSPS) is 23.2. The van der Waals surface area contributed by atoms with E-state index in [9.17, 15) is 23.4 Å². The summed E-state index contributed by atoms with van der Waals surface area (Å²) in [6.45, 7) is -0.522. The molecule has 5 atom stereocenters. The summed E-state index contributed by atoms with van der Waals surface area (Å²) in [6, 6.07) is 5.94. The number of benzene rings is 1. The van der Waals surface area contributed by atoms with Gasteiger partial charge in [-0.25, -0.2) is 17.9 Å². The van der Waals surface area contributed by atoms with Crippen molar-refractivity contribution < 1.29 is 32.9 Å². The van der Waals surface area contributed by atoms with Crippen LogP contribution in [0.3, 0.4) is 0 Å². The van der Waals surface area contributed by atoms with Crippen molar-refractivity contribution in [1.82, 2.24) is 25.0 Å². The van der Waals surface area contributed by atoms with E-state index in [0.717, 1.165) is 17.7 Å². The first-order valence-corrected chi connectivity index (χ1v) is 12.8. The van der Waals surface area contributed by atoms with E-state index in [4.69, 9.17) is 21.1 Å². The molecule has 204 valence electrons. The third-order valence-electron chi connectivity index (χ3n) is 6.21. The fourth-order valence-electron chi connectivity index (χ4n) is 4.33. The van der Waals surface area contributed by atoms with Crippen LogP contribution in [-0.2, 0) is 9.47 Å². The van der Waals surface area contributed by atoms with Crippen LogP contribution in [0.2, 0.25) is 5.02 Å². The highest BCUT2D eigenvalue weighted by atomic mass is 35.5. The zero-order valence-electron chi connectivity index (χ0n) is 20.2. The molecule has 9 nitrogen and oxygen atoms in total. The summed E-state index contributed by atoms with van der Waals surface area (Å²) in [6.07, 6.45) is 2.92. The smallest absolute Gasteiger partial charge is 0.194 e. The Labute approximate surface area is 229 Å². The van der Waals surface area contributed by atoms with Gasteiger partial charge in [0, 0.05) is 41.7 Å². The van der Waals surface area contributed by atoms with Crippen molar-refractivity contribution in [3.63, 3.8) is 0 Å². The van der Waals surface area contributed by atoms with Gasteiger partial charge in [-0.2, -0.15) is 0 Å². The Balaban J connectivity index is 1.50. The maximum Gasteiger partial charge on any atom is 0.194 e. The average molecular weight is 580 g/mol. The zero-order valence-corrected chi connectivity index (χ0v) is 21.7. The van der Waals surface area contributed by atoms with Gasteiger partial charge >= 0.3 is 0 Å². The van der Waals surface area contributed by atoms with Crippen molar-refractivity contribution in [3.8, 4) is 22.5 Å². The Morgan fingerprint density at radius 2 is 1.85 bits per heavy atom. The van der Waals surface area contributed by atoms with Crippen LogP contribution in [0.5, 0.6) is 0 Å². The number of rotatable bonds is 7. The van der Waals surface area contributed by atoms with Gasteiger partial charge in [-0.1, -0.05) is 28.6 Å². The molecule has 14 heteroatoms. The summed E-state index contributed by atoms with van der Waals surface area (Å²) in [7, 11) is 1.42. The van der Waals surface area contributed by atoms with Crippen molar-refractivity contribution in [1.29, 1.82) is 0 Å². The van der Waals surface area contributed by atoms with Gasteiger partial charge in [-0.05, 0) is 30.3 Å². The second-order valence-electron chi connectivity index (χ2n) is 8.60. The topological polar surface area (TPSA) is 115 Å². The van der Waals surface area contributed by atoms with Crippen molar-refractivity contribution in [2.24, 2.45) is 0 Å². The number of pyridine rings is 2. The highest BCUT2D eigenvalue weighted by molar-refractivity contribution is 8.00. The van der Waals surface area contributed by atoms with Crippen molar-refractivity contribution in [2.45, 2.75) is 34.7 Å². The van der Waals surface area contributed by atoms with Gasteiger partial charge in [-0.3, -0.25) is 9.97 Å². The molecule has 5 rings (SSSR count). The van der Waals surface area contributed by atoms with Crippen molar-refractivity contribution in [3.05, 3.63) is 77.6 Å². The summed E-state index contributed by atoms with van der Waals surface area (Å²) < 4.78 is 54.1. The lowest BCUT2D eigenvalue weighted by molar-refractivity contribution is -0.186. The standard InChI is InChI=1S/C25H21ClF3N5O4S/c1-37-24-22(34-10-17(32-33-34)13-6-15(27)20(29)16(28)7-13)23(36)18(11-35)38-25(24)39-19-8-14(26)9-31-21(19)12-2-4-30-5-3-12/h2-10,18,22-25,35-36H,11H2,1H3/t18?,22-,23-,24?,25+/m0/s1. The molecule has 1 fully saturated rings. The van der Waals surface area contributed by atoms with Gasteiger partial charge in [0.25, 0.3) is 0 Å². The van der Waals surface area contributed by atoms with E-state index in [0.29, 0.717) is 15.6 Å². The Morgan fingerprint density at radius 3 is 2.51 bits per heavy atom. The SMILES string of the molecule is COC1[C@@H](Sc2cc(Cl)cnc2-c2ccncc2)OC(CO)[C@H](O)[C@@H]1n1cc(-c2cc(F)c(F)c(F)c2)nn1. The number of methoxy groups -OCH3 is 1. The molecule has 4 heterocycles. The maximum absolute atomic E-state index is 13.8. The molecular weight excluding hydrogens is 559 g/mol. The Morgan fingerprint density at radius 1 is 1.13 bits per heavy atom. The average Bonchev–Trinajstić information content (AvgIpc) is 3.42. The summed E-state index contributed by atoms with van der Waals surface area (Å²) in [5, 5.41) is 29.4. The van der Waals surface area contributed by atoms with Crippen LogP contribution in [0, 0.1) is 17.5 Å². The first-order valence-electron chi connectivity index (χ1n) is 11.6. The summed E-state index contributed by atoms with van der Waals surface area (Å²) in [5.74, 6) is -4.35. The first kappa shape index (κ1) is 27.5. The number of aliphatic hydroxyl groups excluding tert-OH is 2. The molecule has 4 aromatic rings. The number of hydrogen-bond donors (Lipinski definition) is 2. The lowest BCUT2D eigenvalue weighted by Crippen LogP contribution is -2.55. The fraction of sp³-hybridized carbons (Fsp3) is 0.280. The predicted octanol–water partition coefficient (Wildman–Crippen LogP) is 3.90. The molecule has 2 unspecified atom stereocenters. The number of aromatic nitrogens is 5. The quantitative estimate of drug-likeness (QED) is 0.315. The minimum absolute atomic E-state index is 0.0325. The summed E-state index contributed by atoms with van der Waals surface area (Å²) in [5.41, 5.74) is 0.575. The molecule has 3 aromatic heterocycles. The molecule has 0 amide bonds. The summed E-state index contributed by atoms with van der Waals surface area (Å²) >= 11 is 7.47. The lowest BCUT2D eigenvalue weighted by Gasteiger charge is -2.43. The van der Waals surface area contributed by atoms with E-state index in [-0.39, 0.29) is 11.3 Å². The van der Waals surface area contributed by atoms with Crippen molar-refractivity contribution >= 4 is 23.4 Å². The Hall–Kier alpha value is -3.07. The third-order valence-corrected chi connectivity index (χ3v) is 7.59. The van der Waals surface area contributed by atoms with Gasteiger partial charge in [0.15, 0.2) is 17.5 Å². The van der Waals surface area contributed by atoms with Crippen LogP contribution in [0.1, 0.15) is 6.04 Å². The molecule has 2 N–H and O–H groups in total. The number of ether oxygens (including phenoxy) is 2. The molecule has 1 aliphatic rings. The van der Waals surface area contributed by atoms with Crippen LogP contribution in [0.4, 0.5) is 13.2 Å². The number of thioether (sulfide) groups is 1.